The first-order chi connectivity index (χ1) is 12.5. The number of Topliss-reactive ketones (excluding diaryl/α,β-unsaturated/α-hetero) is 1. The van der Waals surface area contributed by atoms with Gasteiger partial charge in [0, 0.05) is 16.9 Å². The van der Waals surface area contributed by atoms with Crippen molar-refractivity contribution < 1.29 is 9.90 Å². The second-order valence-corrected chi connectivity index (χ2v) is 7.48. The number of hydrogen-bond donors (Lipinski definition) is 1. The van der Waals surface area contributed by atoms with E-state index in [1.807, 2.05) is 37.3 Å². The molecule has 0 spiro atoms. The number of hydrogen-bond acceptors (Lipinski definition) is 5. The van der Waals surface area contributed by atoms with E-state index >= 15 is 0 Å². The first-order valence-electron chi connectivity index (χ1n) is 9.05. The van der Waals surface area contributed by atoms with E-state index in [-0.39, 0.29) is 23.5 Å². The van der Waals surface area contributed by atoms with Gasteiger partial charge in [-0.1, -0.05) is 37.3 Å². The van der Waals surface area contributed by atoms with Gasteiger partial charge in [0.2, 0.25) is 5.88 Å². The normalized spacial score (nSPS) is 30.2. The fourth-order valence-corrected chi connectivity index (χ4v) is 5.08. The van der Waals surface area contributed by atoms with Gasteiger partial charge in [-0.25, -0.2) is 4.98 Å². The molecule has 2 aliphatic rings. The molecule has 0 amide bonds. The molecule has 1 unspecified atom stereocenters. The molecule has 1 heterocycles. The molecule has 1 fully saturated rings. The summed E-state index contributed by atoms with van der Waals surface area (Å²) in [6.45, 7) is 3.70. The minimum atomic E-state index is -0.662. The summed E-state index contributed by atoms with van der Waals surface area (Å²) in [5.41, 5.74) is 2.06. The van der Waals surface area contributed by atoms with Gasteiger partial charge >= 0.3 is 0 Å². The fraction of sp³-hybridized carbons (Fsp3) is 0.429. The van der Waals surface area contributed by atoms with Crippen LogP contribution in [0.3, 0.4) is 0 Å². The summed E-state index contributed by atoms with van der Waals surface area (Å²) in [5.74, 6) is -0.260. The van der Waals surface area contributed by atoms with Gasteiger partial charge < -0.3 is 5.11 Å². The van der Waals surface area contributed by atoms with E-state index < -0.39 is 11.3 Å². The topological polar surface area (TPSA) is 86.9 Å². The highest BCUT2D eigenvalue weighted by Crippen LogP contribution is 2.56. The maximum Gasteiger partial charge on any atom is 0.217 e. The van der Waals surface area contributed by atoms with Crippen LogP contribution in [-0.4, -0.2) is 20.9 Å². The third-order valence-corrected chi connectivity index (χ3v) is 6.22. The Labute approximate surface area is 152 Å². The number of aryl methyl sites for hydroxylation is 1. The molecule has 0 bridgehead atoms. The van der Waals surface area contributed by atoms with Crippen LogP contribution in [0, 0.1) is 36.0 Å². The molecule has 5 heteroatoms. The third-order valence-electron chi connectivity index (χ3n) is 6.22. The Morgan fingerprint density at radius 3 is 2.69 bits per heavy atom. The van der Waals surface area contributed by atoms with Crippen LogP contribution in [0.4, 0.5) is 0 Å². The molecule has 26 heavy (non-hydrogen) atoms. The molecule has 5 nitrogen and oxygen atoms in total. The zero-order chi connectivity index (χ0) is 18.5. The fourth-order valence-electron chi connectivity index (χ4n) is 5.08. The number of fused-ring (bicyclic) bond motifs is 3. The van der Waals surface area contributed by atoms with Crippen LogP contribution in [0.25, 0.3) is 0 Å². The highest BCUT2D eigenvalue weighted by atomic mass is 16.3. The van der Waals surface area contributed by atoms with Crippen LogP contribution in [0.15, 0.2) is 30.3 Å². The van der Waals surface area contributed by atoms with Crippen molar-refractivity contribution in [2.24, 2.45) is 17.8 Å². The summed E-state index contributed by atoms with van der Waals surface area (Å²) in [6, 6.07) is 12.2. The molecular weight excluding hydrogens is 326 g/mol. The number of carbonyl (C=O) groups excluding carboxylic acids is 1. The van der Waals surface area contributed by atoms with Gasteiger partial charge in [-0.2, -0.15) is 10.2 Å². The van der Waals surface area contributed by atoms with Crippen molar-refractivity contribution in [3.8, 4) is 11.9 Å². The molecule has 1 saturated carbocycles. The zero-order valence-electron chi connectivity index (χ0n) is 14.9. The van der Waals surface area contributed by atoms with E-state index in [2.05, 4.69) is 11.1 Å². The van der Waals surface area contributed by atoms with Crippen molar-refractivity contribution >= 4 is 5.78 Å². The van der Waals surface area contributed by atoms with E-state index in [0.29, 0.717) is 18.7 Å². The number of nitriles is 1. The molecule has 1 aromatic heterocycles. The summed E-state index contributed by atoms with van der Waals surface area (Å²) in [6.07, 6.45) is 1.83. The monoisotopic (exact) mass is 347 g/mol. The van der Waals surface area contributed by atoms with Crippen molar-refractivity contribution in [1.29, 1.82) is 5.26 Å². The third kappa shape index (κ3) is 2.18. The molecule has 132 valence electrons. The van der Waals surface area contributed by atoms with E-state index in [4.69, 9.17) is 4.98 Å². The quantitative estimate of drug-likeness (QED) is 0.856. The predicted octanol–water partition coefficient (Wildman–Crippen LogP) is 3.09. The van der Waals surface area contributed by atoms with E-state index in [9.17, 15) is 15.2 Å². The van der Waals surface area contributed by atoms with Crippen molar-refractivity contribution in [3.63, 3.8) is 0 Å². The second-order valence-electron chi connectivity index (χ2n) is 7.48. The molecule has 0 aliphatic heterocycles. The number of nitrogens with zero attached hydrogens (tertiary/aromatic N) is 3. The van der Waals surface area contributed by atoms with Crippen LogP contribution in [0.2, 0.25) is 0 Å². The maximum absolute atomic E-state index is 12.7. The Morgan fingerprint density at radius 2 is 2.00 bits per heavy atom. The second kappa shape index (κ2) is 5.91. The summed E-state index contributed by atoms with van der Waals surface area (Å²) in [4.78, 5) is 21.6. The standard InChI is InChI=1S/C21H21N3O2/c1-12-17-9-8-16-19(23-13(2)24-20(16)26)21(17,10-14(11-22)18(12)25)15-6-4-3-5-7-15/h3-7,12,14,17H,8-10H2,1-2H3,(H,23,24,26)/t12-,14?,17-,21+/m0/s1. The van der Waals surface area contributed by atoms with Crippen LogP contribution in [0.1, 0.15) is 42.4 Å². The largest absolute Gasteiger partial charge is 0.493 e. The highest BCUT2D eigenvalue weighted by Gasteiger charge is 2.56. The number of aromatic hydroxyl groups is 1. The minimum Gasteiger partial charge on any atom is -0.493 e. The molecule has 0 saturated heterocycles. The lowest BCUT2D eigenvalue weighted by molar-refractivity contribution is -0.131. The van der Waals surface area contributed by atoms with Crippen LogP contribution in [-0.2, 0) is 16.6 Å². The van der Waals surface area contributed by atoms with Gasteiger partial charge in [0.15, 0.2) is 5.78 Å². The number of ketones is 1. The average Bonchev–Trinajstić information content (AvgIpc) is 2.65. The van der Waals surface area contributed by atoms with Crippen LogP contribution < -0.4 is 0 Å². The Balaban J connectivity index is 2.05. The van der Waals surface area contributed by atoms with Gasteiger partial charge in [-0.15, -0.1) is 0 Å². The Bertz CT molecular complexity index is 919. The summed E-state index contributed by atoms with van der Waals surface area (Å²) < 4.78 is 0. The smallest absolute Gasteiger partial charge is 0.217 e. The van der Waals surface area contributed by atoms with E-state index in [0.717, 1.165) is 23.2 Å². The SMILES string of the molecule is Cc1nc(O)c2c(n1)[C@@]1(c3ccccc3)CC(C#N)C(=O)[C@@H](C)[C@@H]1CC2. The molecule has 1 N–H and O–H groups in total. The van der Waals surface area contributed by atoms with Crippen LogP contribution in [0.5, 0.6) is 5.88 Å². The lowest BCUT2D eigenvalue weighted by Gasteiger charge is -2.51. The number of rotatable bonds is 1. The van der Waals surface area contributed by atoms with Gasteiger partial charge in [0.1, 0.15) is 11.7 Å². The lowest BCUT2D eigenvalue weighted by atomic mass is 9.51. The predicted molar refractivity (Wildman–Crippen MR) is 95.4 cm³/mol. The number of carbonyl (C=O) groups is 1. The minimum absolute atomic E-state index is 0.0271. The molecule has 4 atom stereocenters. The number of benzene rings is 1. The lowest BCUT2D eigenvalue weighted by Crippen LogP contribution is -2.53. The molecular formula is C21H21N3O2. The number of aromatic nitrogens is 2. The van der Waals surface area contributed by atoms with E-state index in [1.165, 1.54) is 0 Å². The molecule has 1 aromatic carbocycles. The highest BCUT2D eigenvalue weighted by molar-refractivity contribution is 5.87. The maximum atomic E-state index is 12.7. The van der Waals surface area contributed by atoms with Gasteiger partial charge in [-0.05, 0) is 37.7 Å². The Hall–Kier alpha value is -2.74. The van der Waals surface area contributed by atoms with Gasteiger partial charge in [-0.3, -0.25) is 4.79 Å². The van der Waals surface area contributed by atoms with Crippen molar-refractivity contribution in [2.75, 3.05) is 0 Å². The summed E-state index contributed by atoms with van der Waals surface area (Å²) in [7, 11) is 0. The van der Waals surface area contributed by atoms with Crippen molar-refractivity contribution in [2.45, 2.75) is 38.5 Å². The summed E-state index contributed by atoms with van der Waals surface area (Å²) >= 11 is 0. The Morgan fingerprint density at radius 1 is 1.27 bits per heavy atom. The molecule has 0 radical (unpaired) electrons. The first kappa shape index (κ1) is 16.7. The van der Waals surface area contributed by atoms with Gasteiger partial charge in [0.05, 0.1) is 11.8 Å². The molecule has 2 aliphatic carbocycles. The molecule has 2 aromatic rings. The van der Waals surface area contributed by atoms with E-state index in [1.54, 1.807) is 6.92 Å². The average molecular weight is 347 g/mol. The summed E-state index contributed by atoms with van der Waals surface area (Å²) in [5, 5.41) is 20.1. The van der Waals surface area contributed by atoms with Crippen molar-refractivity contribution in [1.82, 2.24) is 9.97 Å². The van der Waals surface area contributed by atoms with Gasteiger partial charge in [0.25, 0.3) is 0 Å². The molecule has 4 rings (SSSR count). The zero-order valence-corrected chi connectivity index (χ0v) is 14.9. The van der Waals surface area contributed by atoms with Crippen molar-refractivity contribution in [3.05, 3.63) is 53.0 Å². The Kier molecular flexibility index (Phi) is 3.80. The first-order valence-corrected chi connectivity index (χ1v) is 9.05. The van der Waals surface area contributed by atoms with Crippen LogP contribution >= 0.6 is 0 Å².